The number of carbonyl (C=O) groups is 1. The predicted octanol–water partition coefficient (Wildman–Crippen LogP) is 1.52. The minimum absolute atomic E-state index is 0.0421. The Morgan fingerprint density at radius 1 is 1.18 bits per heavy atom. The first kappa shape index (κ1) is 17.5. The summed E-state index contributed by atoms with van der Waals surface area (Å²) in [6.07, 6.45) is 0. The topological polar surface area (TPSA) is 111 Å². The molecule has 9 nitrogen and oxygen atoms in total. The molecule has 4 rings (SSSR count). The van der Waals surface area contributed by atoms with E-state index in [0.717, 1.165) is 5.56 Å². The van der Waals surface area contributed by atoms with Crippen molar-refractivity contribution in [2.45, 2.75) is 6.54 Å². The summed E-state index contributed by atoms with van der Waals surface area (Å²) in [6, 6.07) is 12.5. The van der Waals surface area contributed by atoms with Gasteiger partial charge in [-0.05, 0) is 24.3 Å². The van der Waals surface area contributed by atoms with E-state index in [1.54, 1.807) is 43.5 Å². The lowest BCUT2D eigenvalue weighted by molar-refractivity contribution is 0.0947. The monoisotopic (exact) mass is 379 g/mol. The number of amides is 1. The van der Waals surface area contributed by atoms with Crippen molar-refractivity contribution >= 4 is 22.5 Å². The number of nitrogens with zero attached hydrogens (tertiary/aromatic N) is 3. The first-order chi connectivity index (χ1) is 13.6. The second-order valence-corrected chi connectivity index (χ2v) is 6.03. The molecule has 0 unspecified atom stereocenters. The fraction of sp³-hybridized carbons (Fsp3) is 0.158. The number of hydrogen-bond acceptors (Lipinski definition) is 6. The molecule has 4 aromatic rings. The van der Waals surface area contributed by atoms with Gasteiger partial charge in [-0.25, -0.2) is 4.52 Å². The van der Waals surface area contributed by atoms with Crippen LogP contribution in [0, 0.1) is 0 Å². The highest BCUT2D eigenvalue weighted by molar-refractivity contribution is 5.99. The lowest BCUT2D eigenvalue weighted by atomic mass is 10.2. The summed E-state index contributed by atoms with van der Waals surface area (Å²) in [6.45, 7) is 0.191. The van der Waals surface area contributed by atoms with Crippen molar-refractivity contribution in [3.8, 4) is 11.5 Å². The molecule has 1 amide bonds. The lowest BCUT2D eigenvalue weighted by Gasteiger charge is -2.10. The largest absolute Gasteiger partial charge is 0.497 e. The Morgan fingerprint density at radius 3 is 2.79 bits per heavy atom. The van der Waals surface area contributed by atoms with Crippen LogP contribution in [0.1, 0.15) is 16.1 Å². The third-order valence-corrected chi connectivity index (χ3v) is 4.41. The second kappa shape index (κ2) is 7.03. The van der Waals surface area contributed by atoms with Crippen molar-refractivity contribution in [3.63, 3.8) is 0 Å². The van der Waals surface area contributed by atoms with Gasteiger partial charge < -0.3 is 19.8 Å². The number of aromatic amines is 1. The first-order valence-electron chi connectivity index (χ1n) is 8.48. The molecule has 0 saturated carbocycles. The minimum Gasteiger partial charge on any atom is -0.497 e. The maximum absolute atomic E-state index is 12.7. The molecule has 0 aliphatic heterocycles. The van der Waals surface area contributed by atoms with Crippen LogP contribution in [0.3, 0.4) is 0 Å². The first-order valence-corrected chi connectivity index (χ1v) is 8.48. The van der Waals surface area contributed by atoms with Gasteiger partial charge in [0.05, 0.1) is 25.3 Å². The van der Waals surface area contributed by atoms with Gasteiger partial charge in [-0.2, -0.15) is 0 Å². The molecule has 2 aromatic carbocycles. The Labute approximate surface area is 158 Å². The maximum Gasteiger partial charge on any atom is 0.277 e. The molecule has 2 aromatic heterocycles. The van der Waals surface area contributed by atoms with Crippen LogP contribution in [0.25, 0.3) is 16.6 Å². The molecule has 2 N–H and O–H groups in total. The summed E-state index contributed by atoms with van der Waals surface area (Å²) in [4.78, 5) is 27.9. The van der Waals surface area contributed by atoms with Crippen LogP contribution in [0.5, 0.6) is 11.5 Å². The van der Waals surface area contributed by atoms with E-state index in [1.165, 1.54) is 11.6 Å². The number of fused-ring (bicyclic) bond motifs is 3. The molecule has 0 radical (unpaired) electrons. The molecule has 0 aliphatic rings. The third-order valence-electron chi connectivity index (χ3n) is 4.41. The van der Waals surface area contributed by atoms with E-state index in [-0.39, 0.29) is 17.8 Å². The fourth-order valence-electron chi connectivity index (χ4n) is 3.01. The van der Waals surface area contributed by atoms with Gasteiger partial charge in [0.1, 0.15) is 11.5 Å². The van der Waals surface area contributed by atoms with Crippen LogP contribution < -0.4 is 20.3 Å². The number of para-hydroxylation sites is 2. The SMILES string of the molecule is COc1ccc(CNC(=O)c2nnn3c2c(=O)[nH]c2ccccc23)c(OC)c1. The van der Waals surface area contributed by atoms with Crippen LogP contribution in [0.15, 0.2) is 47.3 Å². The number of benzene rings is 2. The van der Waals surface area contributed by atoms with Crippen LogP contribution in [-0.4, -0.2) is 39.9 Å². The number of ether oxygens (including phenoxy) is 2. The Morgan fingerprint density at radius 2 is 2.00 bits per heavy atom. The highest BCUT2D eigenvalue weighted by Gasteiger charge is 2.19. The minimum atomic E-state index is -0.506. The van der Waals surface area contributed by atoms with Crippen LogP contribution in [0.4, 0.5) is 0 Å². The molecular weight excluding hydrogens is 362 g/mol. The zero-order chi connectivity index (χ0) is 19.7. The Balaban J connectivity index is 1.65. The average Bonchev–Trinajstić information content (AvgIpc) is 3.18. The standard InChI is InChI=1S/C19H17N5O4/c1-27-12-8-7-11(15(9-12)28-2)10-20-18(25)16-17-19(26)21-13-5-3-4-6-14(13)24(17)23-22-16/h3-9H,10H2,1-2H3,(H,20,25)(H,21,26). The molecule has 0 atom stereocenters. The fourth-order valence-corrected chi connectivity index (χ4v) is 3.01. The molecule has 0 aliphatic carbocycles. The van der Waals surface area contributed by atoms with Gasteiger partial charge in [-0.3, -0.25) is 9.59 Å². The zero-order valence-corrected chi connectivity index (χ0v) is 15.2. The van der Waals surface area contributed by atoms with E-state index >= 15 is 0 Å². The summed E-state index contributed by atoms with van der Waals surface area (Å²) in [5.74, 6) is 0.722. The van der Waals surface area contributed by atoms with Crippen LogP contribution in [-0.2, 0) is 6.54 Å². The van der Waals surface area contributed by atoms with E-state index < -0.39 is 11.5 Å². The van der Waals surface area contributed by atoms with E-state index in [2.05, 4.69) is 20.6 Å². The smallest absolute Gasteiger partial charge is 0.277 e. The molecular formula is C19H17N5O4. The van der Waals surface area contributed by atoms with Gasteiger partial charge in [0.25, 0.3) is 11.5 Å². The summed E-state index contributed by atoms with van der Waals surface area (Å²) >= 11 is 0. The third kappa shape index (κ3) is 2.92. The summed E-state index contributed by atoms with van der Waals surface area (Å²) < 4.78 is 11.9. The Kier molecular flexibility index (Phi) is 4.40. The van der Waals surface area contributed by atoms with Crippen molar-refractivity contribution in [1.29, 1.82) is 0 Å². The number of rotatable bonds is 5. The van der Waals surface area contributed by atoms with Gasteiger partial charge in [0.2, 0.25) is 0 Å². The van der Waals surface area contributed by atoms with E-state index in [1.807, 2.05) is 6.07 Å². The molecule has 0 spiro atoms. The summed E-state index contributed by atoms with van der Waals surface area (Å²) in [5, 5.41) is 10.7. The number of nitrogens with one attached hydrogen (secondary N) is 2. The lowest BCUT2D eigenvalue weighted by Crippen LogP contribution is -2.25. The number of carbonyl (C=O) groups excluding carboxylic acids is 1. The van der Waals surface area contributed by atoms with Gasteiger partial charge in [0.15, 0.2) is 11.2 Å². The number of methoxy groups -OCH3 is 2. The Bertz CT molecular complexity index is 1240. The van der Waals surface area contributed by atoms with Gasteiger partial charge in [-0.15, -0.1) is 5.10 Å². The number of hydrogen-bond donors (Lipinski definition) is 2. The normalized spacial score (nSPS) is 10.9. The number of H-pyrrole nitrogens is 1. The highest BCUT2D eigenvalue weighted by atomic mass is 16.5. The predicted molar refractivity (Wildman–Crippen MR) is 102 cm³/mol. The van der Waals surface area contributed by atoms with Crippen molar-refractivity contribution in [2.24, 2.45) is 0 Å². The van der Waals surface area contributed by atoms with Crippen molar-refractivity contribution < 1.29 is 14.3 Å². The van der Waals surface area contributed by atoms with Crippen molar-refractivity contribution in [2.75, 3.05) is 14.2 Å². The number of aromatic nitrogens is 4. The second-order valence-electron chi connectivity index (χ2n) is 6.03. The molecule has 0 fully saturated rings. The zero-order valence-electron chi connectivity index (χ0n) is 15.2. The molecule has 28 heavy (non-hydrogen) atoms. The average molecular weight is 379 g/mol. The Hall–Kier alpha value is -3.88. The van der Waals surface area contributed by atoms with Crippen molar-refractivity contribution in [3.05, 3.63) is 64.1 Å². The van der Waals surface area contributed by atoms with Gasteiger partial charge in [-0.1, -0.05) is 17.3 Å². The molecule has 9 heteroatoms. The van der Waals surface area contributed by atoms with E-state index in [4.69, 9.17) is 9.47 Å². The summed E-state index contributed by atoms with van der Waals surface area (Å²) in [5.41, 5.74) is 1.64. The van der Waals surface area contributed by atoms with E-state index in [9.17, 15) is 9.59 Å². The highest BCUT2D eigenvalue weighted by Crippen LogP contribution is 2.24. The summed E-state index contributed by atoms with van der Waals surface area (Å²) in [7, 11) is 3.10. The van der Waals surface area contributed by atoms with E-state index in [0.29, 0.717) is 22.5 Å². The van der Waals surface area contributed by atoms with Crippen LogP contribution >= 0.6 is 0 Å². The molecule has 2 heterocycles. The van der Waals surface area contributed by atoms with Crippen LogP contribution in [0.2, 0.25) is 0 Å². The van der Waals surface area contributed by atoms with Gasteiger partial charge in [0, 0.05) is 18.2 Å². The quantitative estimate of drug-likeness (QED) is 0.544. The maximum atomic E-state index is 12.7. The van der Waals surface area contributed by atoms with Crippen molar-refractivity contribution in [1.82, 2.24) is 25.1 Å². The molecule has 0 bridgehead atoms. The molecule has 142 valence electrons. The molecule has 0 saturated heterocycles. The van der Waals surface area contributed by atoms with Gasteiger partial charge >= 0.3 is 0 Å².